The zero-order chi connectivity index (χ0) is 18.4. The molecule has 0 saturated carbocycles. The molecule has 140 valence electrons. The van der Waals surface area contributed by atoms with E-state index in [4.69, 9.17) is 4.74 Å². The number of methoxy groups -OCH3 is 1. The first kappa shape index (κ1) is 19.9. The molecule has 0 radical (unpaired) electrons. The van der Waals surface area contributed by atoms with Crippen molar-refractivity contribution in [2.75, 3.05) is 37.9 Å². The van der Waals surface area contributed by atoms with Crippen LogP contribution in [-0.4, -0.2) is 51.2 Å². The van der Waals surface area contributed by atoms with E-state index in [-0.39, 0.29) is 24.2 Å². The maximum atomic E-state index is 12.4. The molecule has 0 spiro atoms. The molecule has 1 aliphatic rings. The minimum atomic E-state index is -3.29. The van der Waals surface area contributed by atoms with Crippen LogP contribution in [0, 0.1) is 5.92 Å². The summed E-state index contributed by atoms with van der Waals surface area (Å²) in [7, 11) is -1.80. The molecule has 1 N–H and O–H groups in total. The lowest BCUT2D eigenvalue weighted by Crippen LogP contribution is -2.42. The fourth-order valence-electron chi connectivity index (χ4n) is 2.91. The third-order valence-corrected chi connectivity index (χ3v) is 6.44. The van der Waals surface area contributed by atoms with Crippen LogP contribution in [0.3, 0.4) is 0 Å². The highest BCUT2D eigenvalue weighted by molar-refractivity contribution is 7.89. The van der Waals surface area contributed by atoms with Crippen molar-refractivity contribution < 1.29 is 17.9 Å². The maximum Gasteiger partial charge on any atom is 0.227 e. The summed E-state index contributed by atoms with van der Waals surface area (Å²) in [6.07, 6.45) is 1.09. The van der Waals surface area contributed by atoms with Gasteiger partial charge in [0.05, 0.1) is 12.4 Å². The fraction of sp³-hybridized carbons (Fsp3) is 0.611. The molecule has 1 fully saturated rings. The van der Waals surface area contributed by atoms with E-state index in [2.05, 4.69) is 19.2 Å². The summed E-state index contributed by atoms with van der Waals surface area (Å²) in [5.74, 6) is 0.252. The van der Waals surface area contributed by atoms with Gasteiger partial charge < -0.3 is 10.1 Å². The smallest absolute Gasteiger partial charge is 0.227 e. The summed E-state index contributed by atoms with van der Waals surface area (Å²) >= 11 is 0. The normalized spacial score (nSPS) is 17.0. The molecule has 1 saturated heterocycles. The number of ether oxygens (including phenoxy) is 1. The molecule has 1 heterocycles. The van der Waals surface area contributed by atoms with Gasteiger partial charge in [0.15, 0.2) is 0 Å². The highest BCUT2D eigenvalue weighted by Gasteiger charge is 2.30. The molecule has 1 aromatic rings. The summed E-state index contributed by atoms with van der Waals surface area (Å²) in [5.41, 5.74) is 2.01. The quantitative estimate of drug-likeness (QED) is 0.802. The van der Waals surface area contributed by atoms with Gasteiger partial charge in [-0.3, -0.25) is 4.79 Å². The van der Waals surface area contributed by atoms with E-state index < -0.39 is 10.0 Å². The Hall–Kier alpha value is -1.44. The highest BCUT2D eigenvalue weighted by Crippen LogP contribution is 2.22. The Morgan fingerprint density at radius 1 is 1.24 bits per heavy atom. The van der Waals surface area contributed by atoms with E-state index in [1.807, 2.05) is 24.3 Å². The zero-order valence-corrected chi connectivity index (χ0v) is 16.0. The molecule has 1 aliphatic heterocycles. The molecular formula is C18H28N2O4S. The molecule has 0 unspecified atom stereocenters. The second kappa shape index (κ2) is 8.78. The van der Waals surface area contributed by atoms with Crippen molar-refractivity contribution in [3.05, 3.63) is 29.8 Å². The Balaban J connectivity index is 1.86. The minimum Gasteiger partial charge on any atom is -0.384 e. The topological polar surface area (TPSA) is 75.7 Å². The van der Waals surface area contributed by atoms with Crippen LogP contribution in [-0.2, 0) is 19.6 Å². The number of hydrogen-bond donors (Lipinski definition) is 1. The van der Waals surface area contributed by atoms with Crippen LogP contribution in [0.5, 0.6) is 0 Å². The minimum absolute atomic E-state index is 0.0113. The van der Waals surface area contributed by atoms with E-state index >= 15 is 0 Å². The largest absolute Gasteiger partial charge is 0.384 e. The van der Waals surface area contributed by atoms with Crippen molar-refractivity contribution in [1.29, 1.82) is 0 Å². The van der Waals surface area contributed by atoms with E-state index in [9.17, 15) is 13.2 Å². The van der Waals surface area contributed by atoms with Gasteiger partial charge in [-0.15, -0.1) is 0 Å². The Bertz CT molecular complexity index is 663. The second-order valence-electron chi connectivity index (χ2n) is 6.75. The van der Waals surface area contributed by atoms with Gasteiger partial charge in [0.2, 0.25) is 15.9 Å². The predicted octanol–water partition coefficient (Wildman–Crippen LogP) is 2.44. The summed E-state index contributed by atoms with van der Waals surface area (Å²) < 4.78 is 30.6. The molecule has 1 aromatic carbocycles. The maximum absolute atomic E-state index is 12.4. The van der Waals surface area contributed by atoms with Crippen LogP contribution in [0.4, 0.5) is 5.69 Å². The molecular weight excluding hydrogens is 340 g/mol. The Morgan fingerprint density at radius 3 is 2.36 bits per heavy atom. The highest BCUT2D eigenvalue weighted by atomic mass is 32.2. The Kier molecular flexibility index (Phi) is 6.98. The van der Waals surface area contributed by atoms with Crippen molar-refractivity contribution in [1.82, 2.24) is 4.31 Å². The summed E-state index contributed by atoms with van der Waals surface area (Å²) in [5, 5.41) is 2.94. The number of nitrogens with zero attached hydrogens (tertiary/aromatic N) is 1. The number of amides is 1. The number of carbonyl (C=O) groups excluding carboxylic acids is 1. The van der Waals surface area contributed by atoms with Crippen LogP contribution in [0.15, 0.2) is 24.3 Å². The van der Waals surface area contributed by atoms with E-state index in [0.29, 0.717) is 31.8 Å². The summed E-state index contributed by atoms with van der Waals surface area (Å²) in [6, 6.07) is 7.87. The molecule has 1 amide bonds. The SMILES string of the molecule is COCCS(=O)(=O)N1CCC(C(=O)Nc2ccc(C(C)C)cc2)CC1. The average molecular weight is 368 g/mol. The third kappa shape index (κ3) is 5.52. The van der Waals surface area contributed by atoms with Gasteiger partial charge in [-0.05, 0) is 36.5 Å². The number of hydrogen-bond acceptors (Lipinski definition) is 4. The lowest BCUT2D eigenvalue weighted by atomic mass is 9.97. The van der Waals surface area contributed by atoms with E-state index in [1.165, 1.54) is 17.0 Å². The number of anilines is 1. The molecule has 0 atom stereocenters. The first-order valence-corrected chi connectivity index (χ1v) is 10.3. The standard InChI is InChI=1S/C18H28N2O4S/c1-14(2)15-4-6-17(7-5-15)19-18(21)16-8-10-20(11-9-16)25(22,23)13-12-24-3/h4-7,14,16H,8-13H2,1-3H3,(H,19,21). The van der Waals surface area contributed by atoms with Crippen LogP contribution in [0.1, 0.15) is 38.2 Å². The molecule has 2 rings (SSSR count). The summed E-state index contributed by atoms with van der Waals surface area (Å²) in [6.45, 7) is 5.21. The molecule has 25 heavy (non-hydrogen) atoms. The molecule has 6 nitrogen and oxygen atoms in total. The van der Waals surface area contributed by atoms with Gasteiger partial charge >= 0.3 is 0 Å². The van der Waals surface area contributed by atoms with Gasteiger partial charge in [0.25, 0.3) is 0 Å². The third-order valence-electron chi connectivity index (χ3n) is 4.61. The first-order valence-electron chi connectivity index (χ1n) is 8.71. The van der Waals surface area contributed by atoms with Crippen LogP contribution < -0.4 is 5.32 Å². The number of rotatable bonds is 7. The monoisotopic (exact) mass is 368 g/mol. The van der Waals surface area contributed by atoms with Crippen molar-refractivity contribution in [3.63, 3.8) is 0 Å². The Morgan fingerprint density at radius 2 is 1.84 bits per heavy atom. The second-order valence-corrected chi connectivity index (χ2v) is 8.84. The number of benzene rings is 1. The van der Waals surface area contributed by atoms with Crippen molar-refractivity contribution >= 4 is 21.6 Å². The van der Waals surface area contributed by atoms with Gasteiger partial charge in [-0.1, -0.05) is 26.0 Å². The van der Waals surface area contributed by atoms with Gasteiger partial charge in [0.1, 0.15) is 0 Å². The van der Waals surface area contributed by atoms with Crippen LogP contribution >= 0.6 is 0 Å². The molecule has 0 bridgehead atoms. The number of nitrogens with one attached hydrogen (secondary N) is 1. The van der Waals surface area contributed by atoms with E-state index in [1.54, 1.807) is 0 Å². The van der Waals surface area contributed by atoms with Crippen molar-refractivity contribution in [2.45, 2.75) is 32.6 Å². The lowest BCUT2D eigenvalue weighted by molar-refractivity contribution is -0.120. The van der Waals surface area contributed by atoms with Crippen LogP contribution in [0.2, 0.25) is 0 Å². The van der Waals surface area contributed by atoms with Gasteiger partial charge in [0, 0.05) is 31.8 Å². The fourth-order valence-corrected chi connectivity index (χ4v) is 4.31. The van der Waals surface area contributed by atoms with Crippen LogP contribution in [0.25, 0.3) is 0 Å². The zero-order valence-electron chi connectivity index (χ0n) is 15.2. The number of sulfonamides is 1. The lowest BCUT2D eigenvalue weighted by Gasteiger charge is -2.30. The summed E-state index contributed by atoms with van der Waals surface area (Å²) in [4.78, 5) is 12.4. The molecule has 7 heteroatoms. The van der Waals surface area contributed by atoms with Gasteiger partial charge in [-0.2, -0.15) is 0 Å². The van der Waals surface area contributed by atoms with E-state index in [0.717, 1.165) is 5.69 Å². The van der Waals surface area contributed by atoms with Crippen molar-refractivity contribution in [3.8, 4) is 0 Å². The molecule has 0 aliphatic carbocycles. The molecule has 0 aromatic heterocycles. The Labute approximate surface area is 150 Å². The van der Waals surface area contributed by atoms with Gasteiger partial charge in [-0.25, -0.2) is 12.7 Å². The number of carbonyl (C=O) groups is 1. The average Bonchev–Trinajstić information content (AvgIpc) is 2.60. The number of piperidine rings is 1. The van der Waals surface area contributed by atoms with Crippen molar-refractivity contribution in [2.24, 2.45) is 5.92 Å². The predicted molar refractivity (Wildman–Crippen MR) is 99.1 cm³/mol. The first-order chi connectivity index (χ1) is 11.8.